The number of unbranched alkanes of at least 4 members (excludes halogenated alkanes) is 1. The number of hydrogen-bond acceptors (Lipinski definition) is 1. The standard InChI is InChI=1S/C11H12ClF3O/c12-8-2-1-3-9-4-6-10(7-5-9)16-11(13,14)15/h4-7H,1-3,8H2. The van der Waals surface area contributed by atoms with Crippen LogP contribution in [-0.2, 0) is 6.42 Å². The minimum Gasteiger partial charge on any atom is -0.406 e. The second-order valence-electron chi connectivity index (χ2n) is 3.34. The lowest BCUT2D eigenvalue weighted by Gasteiger charge is -2.09. The van der Waals surface area contributed by atoms with Crippen LogP contribution in [0.2, 0.25) is 0 Å². The van der Waals surface area contributed by atoms with Crippen molar-refractivity contribution >= 4 is 11.6 Å². The molecule has 1 aromatic carbocycles. The molecule has 0 bridgehead atoms. The van der Waals surface area contributed by atoms with Crippen molar-refractivity contribution in [1.82, 2.24) is 0 Å². The average molecular weight is 253 g/mol. The van der Waals surface area contributed by atoms with Crippen molar-refractivity contribution in [3.8, 4) is 5.75 Å². The molecule has 0 aliphatic rings. The van der Waals surface area contributed by atoms with Gasteiger partial charge in [0, 0.05) is 5.88 Å². The smallest absolute Gasteiger partial charge is 0.406 e. The number of benzene rings is 1. The van der Waals surface area contributed by atoms with E-state index in [9.17, 15) is 13.2 Å². The molecule has 0 N–H and O–H groups in total. The van der Waals surface area contributed by atoms with Gasteiger partial charge in [0.25, 0.3) is 0 Å². The molecule has 0 saturated carbocycles. The predicted molar refractivity (Wildman–Crippen MR) is 56.8 cm³/mol. The molecule has 0 amide bonds. The Morgan fingerprint density at radius 2 is 1.69 bits per heavy atom. The van der Waals surface area contributed by atoms with E-state index in [2.05, 4.69) is 4.74 Å². The van der Waals surface area contributed by atoms with Gasteiger partial charge in [-0.15, -0.1) is 24.8 Å². The molecule has 5 heteroatoms. The van der Waals surface area contributed by atoms with E-state index in [4.69, 9.17) is 11.6 Å². The van der Waals surface area contributed by atoms with Crippen molar-refractivity contribution < 1.29 is 17.9 Å². The topological polar surface area (TPSA) is 9.23 Å². The average Bonchev–Trinajstić information content (AvgIpc) is 2.19. The first kappa shape index (κ1) is 13.2. The Morgan fingerprint density at radius 1 is 1.06 bits per heavy atom. The lowest BCUT2D eigenvalue weighted by atomic mass is 10.1. The quantitative estimate of drug-likeness (QED) is 0.565. The van der Waals surface area contributed by atoms with Gasteiger partial charge in [0.2, 0.25) is 0 Å². The van der Waals surface area contributed by atoms with Gasteiger partial charge in [0.05, 0.1) is 0 Å². The van der Waals surface area contributed by atoms with Gasteiger partial charge in [-0.05, 0) is 37.0 Å². The van der Waals surface area contributed by atoms with Crippen LogP contribution in [0.3, 0.4) is 0 Å². The molecule has 0 atom stereocenters. The summed E-state index contributed by atoms with van der Waals surface area (Å²) in [5.74, 6) is 0.420. The van der Waals surface area contributed by atoms with E-state index in [0.717, 1.165) is 24.8 Å². The summed E-state index contributed by atoms with van der Waals surface area (Å²) in [6.07, 6.45) is -1.97. The van der Waals surface area contributed by atoms with Crippen LogP contribution in [0.1, 0.15) is 18.4 Å². The monoisotopic (exact) mass is 252 g/mol. The molecule has 0 spiro atoms. The highest BCUT2D eigenvalue weighted by Crippen LogP contribution is 2.23. The van der Waals surface area contributed by atoms with E-state index in [1.54, 1.807) is 12.1 Å². The highest BCUT2D eigenvalue weighted by atomic mass is 35.5. The van der Waals surface area contributed by atoms with Crippen molar-refractivity contribution in [2.75, 3.05) is 5.88 Å². The third kappa shape index (κ3) is 5.26. The molecule has 0 unspecified atom stereocenters. The molecule has 1 aromatic rings. The van der Waals surface area contributed by atoms with Crippen molar-refractivity contribution in [1.29, 1.82) is 0 Å². The first-order valence-electron chi connectivity index (χ1n) is 4.92. The van der Waals surface area contributed by atoms with E-state index in [1.807, 2.05) is 0 Å². The maximum atomic E-state index is 11.9. The van der Waals surface area contributed by atoms with Crippen LogP contribution in [0.15, 0.2) is 24.3 Å². The molecule has 0 saturated heterocycles. The summed E-state index contributed by atoms with van der Waals surface area (Å²) in [5.41, 5.74) is 0.986. The Bertz CT molecular complexity index is 308. The summed E-state index contributed by atoms with van der Waals surface area (Å²) in [5, 5.41) is 0. The zero-order valence-corrected chi connectivity index (χ0v) is 9.31. The van der Waals surface area contributed by atoms with Gasteiger partial charge >= 0.3 is 6.36 Å². The summed E-state index contributed by atoms with van der Waals surface area (Å²) in [7, 11) is 0. The fraction of sp³-hybridized carbons (Fsp3) is 0.455. The molecule has 1 rings (SSSR count). The molecule has 0 aromatic heterocycles. The van der Waals surface area contributed by atoms with Gasteiger partial charge in [-0.2, -0.15) is 0 Å². The molecule has 1 nitrogen and oxygen atoms in total. The highest BCUT2D eigenvalue weighted by Gasteiger charge is 2.30. The van der Waals surface area contributed by atoms with E-state index in [0.29, 0.717) is 5.88 Å². The number of hydrogen-bond donors (Lipinski definition) is 0. The first-order chi connectivity index (χ1) is 7.51. The first-order valence-corrected chi connectivity index (χ1v) is 5.45. The molecule has 0 aliphatic heterocycles. The summed E-state index contributed by atoms with van der Waals surface area (Å²) in [6, 6.07) is 5.91. The van der Waals surface area contributed by atoms with Gasteiger partial charge in [-0.3, -0.25) is 0 Å². The van der Waals surface area contributed by atoms with Crippen LogP contribution < -0.4 is 4.74 Å². The lowest BCUT2D eigenvalue weighted by Crippen LogP contribution is -2.17. The molecule has 0 heterocycles. The summed E-state index contributed by atoms with van der Waals surface area (Å²) in [4.78, 5) is 0. The lowest BCUT2D eigenvalue weighted by molar-refractivity contribution is -0.274. The highest BCUT2D eigenvalue weighted by molar-refractivity contribution is 6.17. The number of aryl methyl sites for hydroxylation is 1. The van der Waals surface area contributed by atoms with Crippen molar-refractivity contribution in [3.63, 3.8) is 0 Å². The van der Waals surface area contributed by atoms with E-state index in [1.165, 1.54) is 12.1 Å². The normalized spacial score (nSPS) is 11.5. The van der Waals surface area contributed by atoms with E-state index < -0.39 is 6.36 Å². The van der Waals surface area contributed by atoms with Gasteiger partial charge in [-0.25, -0.2) is 0 Å². The Morgan fingerprint density at radius 3 is 2.19 bits per heavy atom. The van der Waals surface area contributed by atoms with Crippen molar-refractivity contribution in [2.24, 2.45) is 0 Å². The maximum Gasteiger partial charge on any atom is 0.573 e. The fourth-order valence-electron chi connectivity index (χ4n) is 1.28. The molecule has 90 valence electrons. The number of rotatable bonds is 5. The third-order valence-electron chi connectivity index (χ3n) is 2.01. The van der Waals surface area contributed by atoms with Crippen LogP contribution in [0.4, 0.5) is 13.2 Å². The Labute approximate surface area is 97.2 Å². The maximum absolute atomic E-state index is 11.9. The summed E-state index contributed by atoms with van der Waals surface area (Å²) >= 11 is 5.52. The Kier molecular flexibility index (Phi) is 4.93. The zero-order valence-electron chi connectivity index (χ0n) is 8.56. The third-order valence-corrected chi connectivity index (χ3v) is 2.27. The van der Waals surface area contributed by atoms with E-state index >= 15 is 0 Å². The van der Waals surface area contributed by atoms with Gasteiger partial charge in [0.15, 0.2) is 0 Å². The summed E-state index contributed by atoms with van der Waals surface area (Å²) in [6.45, 7) is 0. The minimum absolute atomic E-state index is 0.186. The van der Waals surface area contributed by atoms with Crippen LogP contribution >= 0.6 is 11.6 Å². The van der Waals surface area contributed by atoms with Gasteiger partial charge in [0.1, 0.15) is 5.75 Å². The Hall–Kier alpha value is -0.900. The molecule has 16 heavy (non-hydrogen) atoms. The predicted octanol–water partition coefficient (Wildman–Crippen LogP) is 4.15. The molecule has 0 fully saturated rings. The molecule has 0 aliphatic carbocycles. The number of alkyl halides is 4. The van der Waals surface area contributed by atoms with Crippen LogP contribution in [0.25, 0.3) is 0 Å². The molecular formula is C11H12ClF3O. The number of halogens is 4. The van der Waals surface area contributed by atoms with Gasteiger partial charge in [-0.1, -0.05) is 12.1 Å². The Balaban J connectivity index is 2.48. The van der Waals surface area contributed by atoms with Crippen LogP contribution in [0, 0.1) is 0 Å². The van der Waals surface area contributed by atoms with Crippen molar-refractivity contribution in [2.45, 2.75) is 25.6 Å². The van der Waals surface area contributed by atoms with E-state index in [-0.39, 0.29) is 5.75 Å². The van der Waals surface area contributed by atoms with Gasteiger partial charge < -0.3 is 4.74 Å². The molecular weight excluding hydrogens is 241 g/mol. The minimum atomic E-state index is -4.62. The fourth-order valence-corrected chi connectivity index (χ4v) is 1.47. The second-order valence-corrected chi connectivity index (χ2v) is 3.72. The number of ether oxygens (including phenoxy) is 1. The SMILES string of the molecule is FC(F)(F)Oc1ccc(CCCCCl)cc1. The van der Waals surface area contributed by atoms with Crippen molar-refractivity contribution in [3.05, 3.63) is 29.8 Å². The van der Waals surface area contributed by atoms with Crippen LogP contribution in [-0.4, -0.2) is 12.2 Å². The molecule has 0 radical (unpaired) electrons. The second kappa shape index (κ2) is 5.99. The largest absolute Gasteiger partial charge is 0.573 e. The van der Waals surface area contributed by atoms with Crippen LogP contribution in [0.5, 0.6) is 5.75 Å². The summed E-state index contributed by atoms with van der Waals surface area (Å²) < 4.78 is 39.3. The zero-order chi connectivity index (χ0) is 12.0.